The van der Waals surface area contributed by atoms with E-state index in [0.717, 1.165) is 24.3 Å². The fourth-order valence-corrected chi connectivity index (χ4v) is 4.42. The number of esters is 8. The molecule has 0 unspecified atom stereocenters. The Morgan fingerprint density at radius 2 is 0.536 bits per heavy atom. The monoisotopic (exact) mass is 794 g/mol. The average molecular weight is 795 g/mol. The summed E-state index contributed by atoms with van der Waals surface area (Å²) < 4.78 is 41.9. The Labute approximate surface area is 328 Å². The van der Waals surface area contributed by atoms with Crippen LogP contribution in [0.25, 0.3) is 0 Å². The summed E-state index contributed by atoms with van der Waals surface area (Å²) in [4.78, 5) is 96.0. The van der Waals surface area contributed by atoms with Gasteiger partial charge in [-0.15, -0.1) is 0 Å². The molecule has 0 atom stereocenters. The highest BCUT2D eigenvalue weighted by Gasteiger charge is 2.38. The topological polar surface area (TPSA) is 210 Å². The zero-order chi connectivity index (χ0) is 41.9. The number of rotatable bonds is 35. The van der Waals surface area contributed by atoms with E-state index in [1.54, 1.807) is 0 Å². The molecule has 0 rings (SSSR count). The van der Waals surface area contributed by atoms with Crippen LogP contribution in [0.15, 0.2) is 50.6 Å². The van der Waals surface area contributed by atoms with Crippen molar-refractivity contribution in [3.63, 3.8) is 0 Å². The highest BCUT2D eigenvalue weighted by Crippen LogP contribution is 2.23. The molecule has 0 spiro atoms. The lowest BCUT2D eigenvalue weighted by atomic mass is 9.92. The Bertz CT molecular complexity index is 1170. The van der Waals surface area contributed by atoms with Crippen molar-refractivity contribution in [2.75, 3.05) is 52.9 Å². The quantitative estimate of drug-likeness (QED) is 0.0361. The van der Waals surface area contributed by atoms with Crippen molar-refractivity contribution >= 4 is 47.8 Å². The van der Waals surface area contributed by atoms with Gasteiger partial charge in [-0.1, -0.05) is 26.3 Å². The van der Waals surface area contributed by atoms with Crippen LogP contribution in [-0.2, 0) is 76.3 Å². The lowest BCUT2D eigenvalue weighted by Gasteiger charge is -2.31. The minimum atomic E-state index is -1.48. The predicted octanol–water partition coefficient (Wildman–Crippen LogP) is 4.91. The summed E-state index contributed by atoms with van der Waals surface area (Å²) in [6, 6.07) is 0. The summed E-state index contributed by atoms with van der Waals surface area (Å²) in [6.45, 7) is 12.1. The van der Waals surface area contributed by atoms with Crippen LogP contribution in [0.1, 0.15) is 96.3 Å². The molecule has 0 aliphatic heterocycles. The maximum atomic E-state index is 12.8. The SMILES string of the molecule is C=CC(=O)OCCCCCC(=O)OCC(COC(=O)CCCCCOC(=O)C=C)(COC(=O)CCCCCOC(=O)C=C)COC(=O)CCCCOC(=O)C=C. The van der Waals surface area contributed by atoms with Gasteiger partial charge in [-0.25, -0.2) is 19.2 Å². The molecule has 0 saturated heterocycles. The van der Waals surface area contributed by atoms with Gasteiger partial charge in [-0.3, -0.25) is 19.2 Å². The van der Waals surface area contributed by atoms with E-state index in [2.05, 4.69) is 26.3 Å². The van der Waals surface area contributed by atoms with Gasteiger partial charge in [-0.2, -0.15) is 0 Å². The van der Waals surface area contributed by atoms with Gasteiger partial charge in [0.15, 0.2) is 0 Å². The molecule has 16 heteroatoms. The zero-order valence-electron chi connectivity index (χ0n) is 32.4. The molecule has 0 saturated carbocycles. The second-order valence-electron chi connectivity index (χ2n) is 12.5. The minimum Gasteiger partial charge on any atom is -0.465 e. The lowest BCUT2D eigenvalue weighted by molar-refractivity contribution is -0.171. The Morgan fingerprint density at radius 1 is 0.321 bits per heavy atom. The maximum absolute atomic E-state index is 12.8. The number of hydrogen-bond donors (Lipinski definition) is 0. The van der Waals surface area contributed by atoms with Crippen LogP contribution >= 0.6 is 0 Å². The van der Waals surface area contributed by atoms with Gasteiger partial charge < -0.3 is 37.9 Å². The van der Waals surface area contributed by atoms with Crippen molar-refractivity contribution in [1.29, 1.82) is 0 Å². The molecule has 0 aromatic rings. The van der Waals surface area contributed by atoms with Gasteiger partial charge in [0.25, 0.3) is 0 Å². The maximum Gasteiger partial charge on any atom is 0.330 e. The Balaban J connectivity index is 5.63. The summed E-state index contributed by atoms with van der Waals surface area (Å²) in [5.74, 6) is -4.69. The first-order valence-electron chi connectivity index (χ1n) is 18.7. The van der Waals surface area contributed by atoms with E-state index in [9.17, 15) is 38.4 Å². The molecule has 0 amide bonds. The Kier molecular flexibility index (Phi) is 30.0. The van der Waals surface area contributed by atoms with Crippen molar-refractivity contribution in [2.45, 2.75) is 96.3 Å². The van der Waals surface area contributed by atoms with Gasteiger partial charge in [0, 0.05) is 50.0 Å². The third-order valence-corrected chi connectivity index (χ3v) is 7.65. The number of unbranched alkanes of at least 4 members (excludes halogenated alkanes) is 7. The molecule has 314 valence electrons. The van der Waals surface area contributed by atoms with E-state index >= 15 is 0 Å². The summed E-state index contributed by atoms with van der Waals surface area (Å²) in [6.07, 6.45) is 9.28. The third kappa shape index (κ3) is 29.1. The van der Waals surface area contributed by atoms with Crippen LogP contribution in [0.4, 0.5) is 0 Å². The van der Waals surface area contributed by atoms with Crippen LogP contribution in [0, 0.1) is 5.41 Å². The normalized spacial score (nSPS) is 10.5. The zero-order valence-corrected chi connectivity index (χ0v) is 32.4. The van der Waals surface area contributed by atoms with Crippen LogP contribution < -0.4 is 0 Å². The van der Waals surface area contributed by atoms with Gasteiger partial charge in [0.2, 0.25) is 0 Å². The van der Waals surface area contributed by atoms with Crippen molar-refractivity contribution in [1.82, 2.24) is 0 Å². The molecule has 0 fully saturated rings. The number of hydrogen-bond acceptors (Lipinski definition) is 16. The highest BCUT2D eigenvalue weighted by atomic mass is 16.6. The van der Waals surface area contributed by atoms with Crippen LogP contribution in [0.3, 0.4) is 0 Å². The first kappa shape index (κ1) is 50.7. The van der Waals surface area contributed by atoms with E-state index in [1.165, 1.54) is 0 Å². The second kappa shape index (κ2) is 33.1. The average Bonchev–Trinajstić information content (AvgIpc) is 3.20. The van der Waals surface area contributed by atoms with E-state index in [0.29, 0.717) is 70.6 Å². The van der Waals surface area contributed by atoms with E-state index in [4.69, 9.17) is 37.9 Å². The van der Waals surface area contributed by atoms with Crippen molar-refractivity contribution in [3.05, 3.63) is 50.6 Å². The Hall–Kier alpha value is -5.28. The standard InChI is InChI=1S/C40H58O16/c1-5-32(41)49-24-16-9-12-20-36(45)53-28-40(31-56-39(48)23-15-19-27-52-35(44)8-4,29-54-37(46)21-13-10-17-25-50-33(42)6-2)30-55-38(47)22-14-11-18-26-51-34(43)7-3/h5-8H,1-4,9-31H2. The van der Waals surface area contributed by atoms with Crippen LogP contribution in [-0.4, -0.2) is 101 Å². The van der Waals surface area contributed by atoms with E-state index in [-0.39, 0.29) is 52.1 Å². The summed E-state index contributed by atoms with van der Waals surface area (Å²) >= 11 is 0. The fourth-order valence-electron chi connectivity index (χ4n) is 4.42. The molecule has 0 radical (unpaired) electrons. The van der Waals surface area contributed by atoms with Crippen molar-refractivity contribution in [3.8, 4) is 0 Å². The van der Waals surface area contributed by atoms with Gasteiger partial charge in [0.1, 0.15) is 31.8 Å². The minimum absolute atomic E-state index is 0.00545. The van der Waals surface area contributed by atoms with Crippen molar-refractivity contribution in [2.24, 2.45) is 5.41 Å². The molecule has 0 aliphatic carbocycles. The number of carbonyl (C=O) groups is 8. The molecule has 0 aromatic heterocycles. The van der Waals surface area contributed by atoms with Crippen LogP contribution in [0.5, 0.6) is 0 Å². The molecule has 0 N–H and O–H groups in total. The third-order valence-electron chi connectivity index (χ3n) is 7.65. The van der Waals surface area contributed by atoms with Crippen molar-refractivity contribution < 1.29 is 76.3 Å². The molecule has 0 heterocycles. The Morgan fingerprint density at radius 3 is 0.768 bits per heavy atom. The molecule has 56 heavy (non-hydrogen) atoms. The molecule has 0 bridgehead atoms. The predicted molar refractivity (Wildman–Crippen MR) is 200 cm³/mol. The molecular weight excluding hydrogens is 736 g/mol. The molecule has 16 nitrogen and oxygen atoms in total. The highest BCUT2D eigenvalue weighted by molar-refractivity contribution is 5.82. The summed E-state index contributed by atoms with van der Waals surface area (Å²) in [5, 5.41) is 0. The first-order valence-corrected chi connectivity index (χ1v) is 18.7. The summed E-state index contributed by atoms with van der Waals surface area (Å²) in [5.41, 5.74) is -1.48. The molecule has 0 aromatic carbocycles. The van der Waals surface area contributed by atoms with E-state index < -0.39 is 79.6 Å². The van der Waals surface area contributed by atoms with Gasteiger partial charge in [-0.05, 0) is 70.6 Å². The van der Waals surface area contributed by atoms with Gasteiger partial charge >= 0.3 is 47.8 Å². The largest absolute Gasteiger partial charge is 0.465 e. The molecular formula is C40H58O16. The fraction of sp³-hybridized carbons (Fsp3) is 0.600. The van der Waals surface area contributed by atoms with Crippen LogP contribution in [0.2, 0.25) is 0 Å². The molecule has 0 aliphatic rings. The smallest absolute Gasteiger partial charge is 0.330 e. The lowest BCUT2D eigenvalue weighted by Crippen LogP contribution is -2.44. The van der Waals surface area contributed by atoms with E-state index in [1.807, 2.05) is 0 Å². The first-order chi connectivity index (χ1) is 26.9. The summed E-state index contributed by atoms with van der Waals surface area (Å²) in [7, 11) is 0. The second-order valence-corrected chi connectivity index (χ2v) is 12.5. The van der Waals surface area contributed by atoms with Gasteiger partial charge in [0.05, 0.1) is 26.4 Å². The number of ether oxygens (including phenoxy) is 8. The number of carbonyl (C=O) groups excluding carboxylic acids is 8.